The molecular formula is C26H33N5. The monoisotopic (exact) mass is 415 g/mol. The van der Waals surface area contributed by atoms with Gasteiger partial charge < -0.3 is 10.2 Å². The van der Waals surface area contributed by atoms with Crippen molar-refractivity contribution in [1.82, 2.24) is 19.7 Å². The van der Waals surface area contributed by atoms with Gasteiger partial charge in [-0.25, -0.2) is 4.98 Å². The maximum absolute atomic E-state index is 4.69. The number of aromatic nitrogens is 3. The van der Waals surface area contributed by atoms with Gasteiger partial charge in [0.2, 0.25) is 0 Å². The summed E-state index contributed by atoms with van der Waals surface area (Å²) in [6, 6.07) is 8.67. The van der Waals surface area contributed by atoms with Crippen LogP contribution in [0.15, 0.2) is 54.6 Å². The first-order valence-electron chi connectivity index (χ1n) is 11.6. The second-order valence-corrected chi connectivity index (χ2v) is 9.79. The van der Waals surface area contributed by atoms with E-state index in [1.807, 2.05) is 24.1 Å². The Kier molecular flexibility index (Phi) is 5.30. The molecule has 5 heteroatoms. The SMILES string of the molecule is C/C=C(/Nc1cc2cc(-c3cnn(C)c3)ccc2cn1)C1CCN(CC2(C)CCC2)C1. The normalized spacial score (nSPS) is 21.4. The zero-order valence-corrected chi connectivity index (χ0v) is 18.9. The smallest absolute Gasteiger partial charge is 0.130 e. The minimum Gasteiger partial charge on any atom is -0.344 e. The number of benzene rings is 1. The first-order chi connectivity index (χ1) is 15.0. The summed E-state index contributed by atoms with van der Waals surface area (Å²) >= 11 is 0. The number of hydrogen-bond acceptors (Lipinski definition) is 4. The van der Waals surface area contributed by atoms with E-state index in [4.69, 9.17) is 4.98 Å². The zero-order chi connectivity index (χ0) is 21.4. The van der Waals surface area contributed by atoms with Crippen LogP contribution >= 0.6 is 0 Å². The van der Waals surface area contributed by atoms with E-state index in [0.29, 0.717) is 11.3 Å². The van der Waals surface area contributed by atoms with Gasteiger partial charge in [0.25, 0.3) is 0 Å². The molecule has 2 aliphatic rings. The summed E-state index contributed by atoms with van der Waals surface area (Å²) < 4.78 is 1.84. The number of rotatable bonds is 6. The van der Waals surface area contributed by atoms with E-state index in [2.05, 4.69) is 65.7 Å². The third-order valence-electron chi connectivity index (χ3n) is 7.22. The summed E-state index contributed by atoms with van der Waals surface area (Å²) in [4.78, 5) is 7.36. The summed E-state index contributed by atoms with van der Waals surface area (Å²) in [5, 5.41) is 10.3. The molecule has 1 N–H and O–H groups in total. The molecule has 162 valence electrons. The molecule has 0 radical (unpaired) electrons. The van der Waals surface area contributed by atoms with Crippen LogP contribution in [0.3, 0.4) is 0 Å². The minimum absolute atomic E-state index is 0.560. The molecule has 1 aliphatic heterocycles. The fraction of sp³-hybridized carbons (Fsp3) is 0.462. The van der Waals surface area contributed by atoms with Gasteiger partial charge in [0, 0.05) is 55.1 Å². The van der Waals surface area contributed by atoms with Crippen molar-refractivity contribution in [1.29, 1.82) is 0 Å². The van der Waals surface area contributed by atoms with Gasteiger partial charge in [-0.1, -0.05) is 31.6 Å². The van der Waals surface area contributed by atoms with Gasteiger partial charge in [0.15, 0.2) is 0 Å². The van der Waals surface area contributed by atoms with Crippen LogP contribution in [-0.2, 0) is 7.05 Å². The van der Waals surface area contributed by atoms with E-state index in [9.17, 15) is 0 Å². The topological polar surface area (TPSA) is 46.0 Å². The number of anilines is 1. The molecule has 1 saturated heterocycles. The lowest BCUT2D eigenvalue weighted by Gasteiger charge is -2.41. The first-order valence-corrected chi connectivity index (χ1v) is 11.6. The van der Waals surface area contributed by atoms with Crippen molar-refractivity contribution < 1.29 is 0 Å². The molecule has 0 amide bonds. The lowest BCUT2D eigenvalue weighted by atomic mass is 9.70. The van der Waals surface area contributed by atoms with E-state index in [0.717, 1.165) is 23.3 Å². The molecule has 3 aromatic rings. The van der Waals surface area contributed by atoms with E-state index in [1.165, 1.54) is 55.4 Å². The average molecular weight is 416 g/mol. The van der Waals surface area contributed by atoms with Crippen molar-refractivity contribution in [2.24, 2.45) is 18.4 Å². The van der Waals surface area contributed by atoms with Crippen LogP contribution in [-0.4, -0.2) is 39.3 Å². The Morgan fingerprint density at radius 1 is 1.19 bits per heavy atom. The highest BCUT2D eigenvalue weighted by Crippen LogP contribution is 2.42. The molecule has 31 heavy (non-hydrogen) atoms. The molecule has 1 aliphatic carbocycles. The summed E-state index contributed by atoms with van der Waals surface area (Å²) in [6.07, 6.45) is 13.6. The van der Waals surface area contributed by atoms with E-state index in [-0.39, 0.29) is 0 Å². The molecule has 5 rings (SSSR count). The quantitative estimate of drug-likeness (QED) is 0.580. The lowest BCUT2D eigenvalue weighted by Crippen LogP contribution is -2.39. The lowest BCUT2D eigenvalue weighted by molar-refractivity contribution is 0.0972. The third kappa shape index (κ3) is 4.24. The van der Waals surface area contributed by atoms with Gasteiger partial charge in [-0.2, -0.15) is 5.10 Å². The summed E-state index contributed by atoms with van der Waals surface area (Å²) in [6.45, 7) is 8.21. The Balaban J connectivity index is 1.30. The van der Waals surface area contributed by atoms with E-state index in [1.54, 1.807) is 0 Å². The van der Waals surface area contributed by atoms with Crippen LogP contribution in [0, 0.1) is 11.3 Å². The highest BCUT2D eigenvalue weighted by molar-refractivity contribution is 5.88. The minimum atomic E-state index is 0.560. The number of hydrogen-bond donors (Lipinski definition) is 1. The third-order valence-corrected chi connectivity index (χ3v) is 7.22. The second-order valence-electron chi connectivity index (χ2n) is 9.79. The predicted molar refractivity (Wildman–Crippen MR) is 128 cm³/mol. The van der Waals surface area contributed by atoms with Crippen molar-refractivity contribution in [2.75, 3.05) is 25.0 Å². The highest BCUT2D eigenvalue weighted by atomic mass is 15.2. The van der Waals surface area contributed by atoms with Crippen molar-refractivity contribution in [2.45, 2.75) is 39.5 Å². The van der Waals surface area contributed by atoms with Crippen molar-refractivity contribution in [3.8, 4) is 11.1 Å². The molecule has 2 fully saturated rings. The molecule has 3 heterocycles. The van der Waals surface area contributed by atoms with Crippen molar-refractivity contribution in [3.05, 3.63) is 54.6 Å². The number of nitrogens with zero attached hydrogens (tertiary/aromatic N) is 4. The van der Waals surface area contributed by atoms with Gasteiger partial charge in [-0.3, -0.25) is 4.68 Å². The van der Waals surface area contributed by atoms with Crippen LogP contribution < -0.4 is 5.32 Å². The van der Waals surface area contributed by atoms with Gasteiger partial charge in [0.05, 0.1) is 6.20 Å². The fourth-order valence-electron chi connectivity index (χ4n) is 5.23. The number of pyridine rings is 1. The van der Waals surface area contributed by atoms with E-state index >= 15 is 0 Å². The first kappa shape index (κ1) is 20.3. The Morgan fingerprint density at radius 2 is 2.06 bits per heavy atom. The second kappa shape index (κ2) is 8.12. The highest BCUT2D eigenvalue weighted by Gasteiger charge is 2.36. The molecular weight excluding hydrogens is 382 g/mol. The standard InChI is InChI=1S/C26H33N5/c1-4-24(21-8-11-31(17-21)18-26(2)9-5-10-26)29-25-13-22-12-19(6-7-20(22)14-27-25)23-15-28-30(3)16-23/h4,6-7,12-16,21H,5,8-11,17-18H2,1-3H3,(H,27,29)/b24-4+. The van der Waals surface area contributed by atoms with E-state index < -0.39 is 0 Å². The molecule has 0 bridgehead atoms. The zero-order valence-electron chi connectivity index (χ0n) is 18.9. The van der Waals surface area contributed by atoms with Gasteiger partial charge >= 0.3 is 0 Å². The average Bonchev–Trinajstić information content (AvgIpc) is 3.39. The van der Waals surface area contributed by atoms with Crippen LogP contribution in [0.25, 0.3) is 21.9 Å². The summed E-state index contributed by atoms with van der Waals surface area (Å²) in [5.74, 6) is 1.49. The van der Waals surface area contributed by atoms with Crippen molar-refractivity contribution >= 4 is 16.6 Å². The Morgan fingerprint density at radius 3 is 2.77 bits per heavy atom. The van der Waals surface area contributed by atoms with Crippen molar-refractivity contribution in [3.63, 3.8) is 0 Å². The Bertz CT molecular complexity index is 1110. The number of nitrogens with one attached hydrogen (secondary N) is 1. The fourth-order valence-corrected chi connectivity index (χ4v) is 5.23. The predicted octanol–water partition coefficient (Wildman–Crippen LogP) is 5.46. The molecule has 1 atom stereocenters. The van der Waals surface area contributed by atoms with Gasteiger partial charge in [-0.05, 0) is 61.2 Å². The number of likely N-dealkylation sites (tertiary alicyclic amines) is 1. The molecule has 1 unspecified atom stereocenters. The summed E-state index contributed by atoms with van der Waals surface area (Å²) in [5.41, 5.74) is 4.18. The summed E-state index contributed by atoms with van der Waals surface area (Å²) in [7, 11) is 1.95. The Labute approximate surface area is 185 Å². The Hall–Kier alpha value is -2.66. The molecule has 1 saturated carbocycles. The maximum Gasteiger partial charge on any atom is 0.130 e. The molecule has 5 nitrogen and oxygen atoms in total. The number of allylic oxidation sites excluding steroid dienone is 1. The number of aryl methyl sites for hydroxylation is 1. The molecule has 2 aromatic heterocycles. The van der Waals surface area contributed by atoms with Crippen LogP contribution in [0.5, 0.6) is 0 Å². The molecule has 1 aromatic carbocycles. The van der Waals surface area contributed by atoms with Gasteiger partial charge in [-0.15, -0.1) is 0 Å². The number of fused-ring (bicyclic) bond motifs is 1. The van der Waals surface area contributed by atoms with Gasteiger partial charge in [0.1, 0.15) is 5.82 Å². The van der Waals surface area contributed by atoms with Crippen LogP contribution in [0.1, 0.15) is 39.5 Å². The van der Waals surface area contributed by atoms with Crippen LogP contribution in [0.2, 0.25) is 0 Å². The maximum atomic E-state index is 4.69. The largest absolute Gasteiger partial charge is 0.344 e. The van der Waals surface area contributed by atoms with Crippen LogP contribution in [0.4, 0.5) is 5.82 Å². The molecule has 0 spiro atoms.